The Balaban J connectivity index is 1.77. The van der Waals surface area contributed by atoms with Gasteiger partial charge in [-0.05, 0) is 12.8 Å². The molecule has 0 aromatic carbocycles. The highest BCUT2D eigenvalue weighted by Gasteiger charge is 2.23. The molecule has 3 rings (SSSR count). The number of nitrogens with zero attached hydrogens (tertiary/aromatic N) is 3. The van der Waals surface area contributed by atoms with Crippen LogP contribution >= 0.6 is 11.8 Å². The van der Waals surface area contributed by atoms with Gasteiger partial charge in [-0.2, -0.15) is 0 Å². The number of carbonyl (C=O) groups excluding carboxylic acids is 1. The van der Waals surface area contributed by atoms with E-state index in [-0.39, 0.29) is 36.4 Å². The minimum Gasteiger partial charge on any atom is -0.384 e. The standard InChI is InChI=1S/C16H22N6O6S/c1-27-6-4-21-12(17)11(13(24)18-14(21)25)10(23)8-29-16-20-19-15(26)22(16)7-9-3-2-5-28-9/h9H,2-8,17H2,1H3,(H,19,26)(H,18,24,25). The van der Waals surface area contributed by atoms with Gasteiger partial charge in [-0.3, -0.25) is 23.7 Å². The van der Waals surface area contributed by atoms with Crippen LogP contribution in [0.4, 0.5) is 5.82 Å². The molecular formula is C16H22N6O6S. The first-order valence-corrected chi connectivity index (χ1v) is 9.95. The van der Waals surface area contributed by atoms with Crippen molar-refractivity contribution < 1.29 is 14.3 Å². The van der Waals surface area contributed by atoms with Crippen LogP contribution in [0.5, 0.6) is 0 Å². The van der Waals surface area contributed by atoms with Gasteiger partial charge in [0.05, 0.1) is 31.6 Å². The van der Waals surface area contributed by atoms with E-state index in [1.807, 2.05) is 0 Å². The number of anilines is 1. The molecule has 13 heteroatoms. The number of thioether (sulfide) groups is 1. The Morgan fingerprint density at radius 1 is 1.34 bits per heavy atom. The molecule has 0 bridgehead atoms. The number of aromatic nitrogens is 5. The number of nitrogen functional groups attached to an aromatic ring is 1. The van der Waals surface area contributed by atoms with E-state index in [1.54, 1.807) is 0 Å². The number of carbonyl (C=O) groups is 1. The number of methoxy groups -OCH3 is 1. The van der Waals surface area contributed by atoms with E-state index >= 15 is 0 Å². The Hall–Kier alpha value is -2.64. The van der Waals surface area contributed by atoms with E-state index in [9.17, 15) is 19.2 Å². The number of hydrogen-bond donors (Lipinski definition) is 3. The first-order valence-electron chi connectivity index (χ1n) is 8.96. The topological polar surface area (TPSA) is 167 Å². The summed E-state index contributed by atoms with van der Waals surface area (Å²) in [6.45, 7) is 1.25. The van der Waals surface area contributed by atoms with Crippen LogP contribution in [0, 0.1) is 0 Å². The van der Waals surface area contributed by atoms with Gasteiger partial charge < -0.3 is 15.2 Å². The third-order valence-corrected chi connectivity index (χ3v) is 5.48. The molecule has 0 saturated carbocycles. The Morgan fingerprint density at radius 2 is 2.14 bits per heavy atom. The third-order valence-electron chi connectivity index (χ3n) is 4.50. The van der Waals surface area contributed by atoms with Crippen molar-refractivity contribution in [1.29, 1.82) is 0 Å². The monoisotopic (exact) mass is 426 g/mol. The third kappa shape index (κ3) is 4.68. The van der Waals surface area contributed by atoms with Gasteiger partial charge in [0.2, 0.25) is 0 Å². The van der Waals surface area contributed by atoms with E-state index in [1.165, 1.54) is 11.7 Å². The Labute approximate surface area is 168 Å². The number of nitrogens with one attached hydrogen (secondary N) is 2. The number of ether oxygens (including phenoxy) is 2. The van der Waals surface area contributed by atoms with Crippen LogP contribution in [0.25, 0.3) is 0 Å². The summed E-state index contributed by atoms with van der Waals surface area (Å²) in [5.74, 6) is -0.995. The SMILES string of the molecule is COCCn1c(N)c(C(=O)CSc2n[nH]c(=O)n2CC2CCCO2)c(=O)[nH]c1=O. The highest BCUT2D eigenvalue weighted by molar-refractivity contribution is 7.99. The molecule has 0 amide bonds. The van der Waals surface area contributed by atoms with Gasteiger partial charge in [0.25, 0.3) is 5.56 Å². The summed E-state index contributed by atoms with van der Waals surface area (Å²) in [5.41, 5.74) is 3.62. The maximum Gasteiger partial charge on any atom is 0.344 e. The largest absolute Gasteiger partial charge is 0.384 e. The van der Waals surface area contributed by atoms with E-state index in [0.29, 0.717) is 18.3 Å². The second kappa shape index (κ2) is 9.24. The molecule has 12 nitrogen and oxygen atoms in total. The molecule has 1 atom stereocenters. The molecule has 2 aromatic rings. The molecule has 2 aromatic heterocycles. The zero-order valence-electron chi connectivity index (χ0n) is 15.8. The lowest BCUT2D eigenvalue weighted by Crippen LogP contribution is -2.37. The lowest BCUT2D eigenvalue weighted by atomic mass is 10.2. The average Bonchev–Trinajstić information content (AvgIpc) is 3.31. The first-order chi connectivity index (χ1) is 13.9. The van der Waals surface area contributed by atoms with Crippen molar-refractivity contribution in [3.63, 3.8) is 0 Å². The summed E-state index contributed by atoms with van der Waals surface area (Å²) < 4.78 is 12.9. The zero-order chi connectivity index (χ0) is 21.0. The van der Waals surface area contributed by atoms with Crippen molar-refractivity contribution >= 4 is 23.4 Å². The number of rotatable bonds is 9. The molecule has 1 unspecified atom stereocenters. The summed E-state index contributed by atoms with van der Waals surface area (Å²) in [7, 11) is 1.45. The molecule has 29 heavy (non-hydrogen) atoms. The number of hydrogen-bond acceptors (Lipinski definition) is 9. The minimum atomic E-state index is -0.856. The Kier molecular flexibility index (Phi) is 6.71. The summed E-state index contributed by atoms with van der Waals surface area (Å²) in [4.78, 5) is 50.8. The molecule has 0 spiro atoms. The number of ketones is 1. The fraction of sp³-hybridized carbons (Fsp3) is 0.562. The molecule has 1 aliphatic rings. The predicted octanol–water partition coefficient (Wildman–Crippen LogP) is -1.20. The predicted molar refractivity (Wildman–Crippen MR) is 104 cm³/mol. The molecule has 4 N–H and O–H groups in total. The van der Waals surface area contributed by atoms with Crippen molar-refractivity contribution in [2.75, 3.05) is 31.8 Å². The Morgan fingerprint density at radius 3 is 2.83 bits per heavy atom. The average molecular weight is 426 g/mol. The van der Waals surface area contributed by atoms with E-state index in [4.69, 9.17) is 15.2 Å². The van der Waals surface area contributed by atoms with Crippen LogP contribution in [-0.4, -0.2) is 62.3 Å². The highest BCUT2D eigenvalue weighted by Crippen LogP contribution is 2.19. The van der Waals surface area contributed by atoms with Gasteiger partial charge in [-0.25, -0.2) is 14.7 Å². The molecule has 1 fully saturated rings. The number of nitrogens with two attached hydrogens (primary N) is 1. The summed E-state index contributed by atoms with van der Waals surface area (Å²) in [5, 5.41) is 6.59. The van der Waals surface area contributed by atoms with E-state index < -0.39 is 22.7 Å². The van der Waals surface area contributed by atoms with E-state index in [0.717, 1.165) is 29.2 Å². The van der Waals surface area contributed by atoms with Crippen LogP contribution in [0.1, 0.15) is 23.2 Å². The smallest absolute Gasteiger partial charge is 0.344 e. The number of H-pyrrole nitrogens is 2. The molecular weight excluding hydrogens is 404 g/mol. The molecule has 0 radical (unpaired) electrons. The second-order valence-electron chi connectivity index (χ2n) is 6.43. The van der Waals surface area contributed by atoms with Gasteiger partial charge in [-0.1, -0.05) is 11.8 Å². The lowest BCUT2D eigenvalue weighted by Gasteiger charge is -2.12. The first kappa shape index (κ1) is 21.1. The summed E-state index contributed by atoms with van der Waals surface area (Å²) >= 11 is 0.995. The van der Waals surface area contributed by atoms with E-state index in [2.05, 4.69) is 15.2 Å². The van der Waals surface area contributed by atoms with Crippen LogP contribution in [0.2, 0.25) is 0 Å². The van der Waals surface area contributed by atoms with Gasteiger partial charge in [-0.15, -0.1) is 5.10 Å². The van der Waals surface area contributed by atoms with Crippen molar-refractivity contribution in [2.24, 2.45) is 0 Å². The fourth-order valence-electron chi connectivity index (χ4n) is 3.03. The van der Waals surface area contributed by atoms with Crippen LogP contribution in [0.15, 0.2) is 19.5 Å². The lowest BCUT2D eigenvalue weighted by molar-refractivity contribution is 0.0941. The van der Waals surface area contributed by atoms with Crippen molar-refractivity contribution in [3.8, 4) is 0 Å². The molecule has 1 aliphatic heterocycles. The molecule has 3 heterocycles. The zero-order valence-corrected chi connectivity index (χ0v) is 16.6. The van der Waals surface area contributed by atoms with Gasteiger partial charge in [0, 0.05) is 13.7 Å². The van der Waals surface area contributed by atoms with Crippen LogP contribution in [0.3, 0.4) is 0 Å². The maximum atomic E-state index is 12.6. The van der Waals surface area contributed by atoms with Gasteiger partial charge in [0.1, 0.15) is 11.4 Å². The fourth-order valence-corrected chi connectivity index (χ4v) is 3.86. The van der Waals surface area contributed by atoms with Crippen LogP contribution in [-0.2, 0) is 22.6 Å². The minimum absolute atomic E-state index is 0.0804. The highest BCUT2D eigenvalue weighted by atomic mass is 32.2. The van der Waals surface area contributed by atoms with Crippen molar-refractivity contribution in [2.45, 2.75) is 37.2 Å². The Bertz CT molecular complexity index is 1050. The van der Waals surface area contributed by atoms with Gasteiger partial charge >= 0.3 is 11.4 Å². The normalized spacial score (nSPS) is 16.4. The van der Waals surface area contributed by atoms with Crippen molar-refractivity contribution in [1.82, 2.24) is 24.3 Å². The van der Waals surface area contributed by atoms with Gasteiger partial charge in [0.15, 0.2) is 10.9 Å². The van der Waals surface area contributed by atoms with Crippen molar-refractivity contribution in [3.05, 3.63) is 36.9 Å². The number of Topliss-reactive ketones (excluding diaryl/α,β-unsaturated/α-hetero) is 1. The summed E-state index contributed by atoms with van der Waals surface area (Å²) in [6, 6.07) is 0. The van der Waals surface area contributed by atoms with Crippen LogP contribution < -0.4 is 22.7 Å². The molecule has 158 valence electrons. The quantitative estimate of drug-likeness (QED) is 0.330. The maximum absolute atomic E-state index is 12.6. The summed E-state index contributed by atoms with van der Waals surface area (Å²) in [6.07, 6.45) is 1.69. The molecule has 0 aliphatic carbocycles. The second-order valence-corrected chi connectivity index (χ2v) is 7.38. The molecule has 1 saturated heterocycles. The number of aromatic amines is 2.